The van der Waals surface area contributed by atoms with Crippen LogP contribution in [0.15, 0.2) is 18.2 Å². The number of nitrogens with one attached hydrogen (secondary N) is 1. The van der Waals surface area contributed by atoms with Crippen LogP contribution in [0.5, 0.6) is 5.75 Å². The van der Waals surface area contributed by atoms with Gasteiger partial charge in [0, 0.05) is 29.2 Å². The van der Waals surface area contributed by atoms with Crippen LogP contribution in [0, 0.1) is 5.92 Å². The molecule has 7 heteroatoms. The van der Waals surface area contributed by atoms with Crippen molar-refractivity contribution in [3.63, 3.8) is 0 Å². The summed E-state index contributed by atoms with van der Waals surface area (Å²) in [6, 6.07) is 5.66. The van der Waals surface area contributed by atoms with E-state index in [9.17, 15) is 9.59 Å². The number of carbonyl (C=O) groups excluding carboxylic acids is 1. The molecule has 3 rings (SSSR count). The highest BCUT2D eigenvalue weighted by Gasteiger charge is 2.37. The Hall–Kier alpha value is -1.79. The molecule has 1 amide bonds. The summed E-state index contributed by atoms with van der Waals surface area (Å²) in [6.45, 7) is 0.938. The molecule has 1 aromatic rings. The average molecular weight is 381 g/mol. The van der Waals surface area contributed by atoms with Gasteiger partial charge in [0.1, 0.15) is 5.75 Å². The minimum absolute atomic E-state index is 0.0820. The van der Waals surface area contributed by atoms with Crippen LogP contribution in [0.25, 0.3) is 0 Å². The SMILES string of the molecule is COc1cccc(Cl)c1CC(=O)NC1CC(N(CC(=O)O)CC2CC2)C1. The maximum Gasteiger partial charge on any atom is 0.317 e. The van der Waals surface area contributed by atoms with E-state index in [2.05, 4.69) is 10.2 Å². The van der Waals surface area contributed by atoms with Crippen molar-refractivity contribution in [3.8, 4) is 5.75 Å². The number of amides is 1. The van der Waals surface area contributed by atoms with E-state index in [0.717, 1.165) is 19.4 Å². The van der Waals surface area contributed by atoms with Crippen LogP contribution in [-0.2, 0) is 16.0 Å². The molecule has 0 radical (unpaired) electrons. The molecule has 6 nitrogen and oxygen atoms in total. The van der Waals surface area contributed by atoms with Gasteiger partial charge in [-0.25, -0.2) is 0 Å². The largest absolute Gasteiger partial charge is 0.496 e. The molecule has 0 heterocycles. The van der Waals surface area contributed by atoms with Gasteiger partial charge in [-0.1, -0.05) is 17.7 Å². The van der Waals surface area contributed by atoms with Crippen molar-refractivity contribution in [1.29, 1.82) is 0 Å². The van der Waals surface area contributed by atoms with E-state index >= 15 is 0 Å². The van der Waals surface area contributed by atoms with Crippen molar-refractivity contribution in [2.45, 2.75) is 44.2 Å². The fourth-order valence-electron chi connectivity index (χ4n) is 3.49. The predicted octanol–water partition coefficient (Wildman–Crippen LogP) is 2.33. The molecular formula is C19H25ClN2O4. The number of benzene rings is 1. The molecule has 0 spiro atoms. The van der Waals surface area contributed by atoms with Crippen molar-refractivity contribution in [2.75, 3.05) is 20.2 Å². The second kappa shape index (κ2) is 8.27. The summed E-state index contributed by atoms with van der Waals surface area (Å²) in [5.74, 6) is 0.377. The summed E-state index contributed by atoms with van der Waals surface area (Å²) >= 11 is 6.18. The highest BCUT2D eigenvalue weighted by atomic mass is 35.5. The van der Waals surface area contributed by atoms with Crippen molar-refractivity contribution >= 4 is 23.5 Å². The van der Waals surface area contributed by atoms with Gasteiger partial charge in [-0.3, -0.25) is 14.5 Å². The van der Waals surface area contributed by atoms with Gasteiger partial charge in [-0.2, -0.15) is 0 Å². The molecule has 0 bridgehead atoms. The Balaban J connectivity index is 1.49. The lowest BCUT2D eigenvalue weighted by molar-refractivity contribution is -0.140. The number of ether oxygens (including phenoxy) is 1. The van der Waals surface area contributed by atoms with E-state index in [-0.39, 0.29) is 31.0 Å². The number of hydrogen-bond acceptors (Lipinski definition) is 4. The monoisotopic (exact) mass is 380 g/mol. The zero-order chi connectivity index (χ0) is 18.7. The number of aliphatic carboxylic acids is 1. The number of halogens is 1. The minimum atomic E-state index is -0.788. The number of rotatable bonds is 9. The third-order valence-electron chi connectivity index (χ3n) is 5.16. The summed E-state index contributed by atoms with van der Waals surface area (Å²) in [5, 5.41) is 12.6. The molecule has 2 N–H and O–H groups in total. The molecular weight excluding hydrogens is 356 g/mol. The maximum absolute atomic E-state index is 12.3. The predicted molar refractivity (Wildman–Crippen MR) is 98.6 cm³/mol. The number of hydrogen-bond donors (Lipinski definition) is 2. The van der Waals surface area contributed by atoms with E-state index < -0.39 is 5.97 Å². The Morgan fingerprint density at radius 3 is 2.69 bits per heavy atom. The lowest BCUT2D eigenvalue weighted by Crippen LogP contribution is -2.55. The molecule has 1 aromatic carbocycles. The molecule has 2 aliphatic rings. The fraction of sp³-hybridized carbons (Fsp3) is 0.579. The Morgan fingerprint density at radius 2 is 2.08 bits per heavy atom. The zero-order valence-electron chi connectivity index (χ0n) is 14.9. The summed E-state index contributed by atoms with van der Waals surface area (Å²) in [6.07, 6.45) is 4.16. The lowest BCUT2D eigenvalue weighted by atomic mass is 9.85. The number of nitrogens with zero attached hydrogens (tertiary/aromatic N) is 1. The first kappa shape index (κ1) is 19.0. The number of carbonyl (C=O) groups is 2. The van der Waals surface area contributed by atoms with Crippen molar-refractivity contribution in [1.82, 2.24) is 10.2 Å². The van der Waals surface area contributed by atoms with Gasteiger partial charge in [0.2, 0.25) is 5.91 Å². The molecule has 0 saturated heterocycles. The van der Waals surface area contributed by atoms with E-state index in [0.29, 0.717) is 22.3 Å². The van der Waals surface area contributed by atoms with E-state index in [4.69, 9.17) is 21.4 Å². The summed E-state index contributed by atoms with van der Waals surface area (Å²) in [5.41, 5.74) is 0.686. The Labute approximate surface area is 158 Å². The highest BCUT2D eigenvalue weighted by molar-refractivity contribution is 6.31. The molecule has 0 aliphatic heterocycles. The quantitative estimate of drug-likeness (QED) is 0.687. The van der Waals surface area contributed by atoms with Gasteiger partial charge in [0.25, 0.3) is 0 Å². The maximum atomic E-state index is 12.3. The first-order chi connectivity index (χ1) is 12.5. The molecule has 0 atom stereocenters. The molecule has 2 aliphatic carbocycles. The minimum Gasteiger partial charge on any atom is -0.496 e. The Morgan fingerprint density at radius 1 is 1.35 bits per heavy atom. The first-order valence-electron chi connectivity index (χ1n) is 9.02. The highest BCUT2D eigenvalue weighted by Crippen LogP contribution is 2.34. The van der Waals surface area contributed by atoms with E-state index in [1.165, 1.54) is 12.8 Å². The van der Waals surface area contributed by atoms with Crippen LogP contribution in [0.3, 0.4) is 0 Å². The fourth-order valence-corrected chi connectivity index (χ4v) is 3.73. The topological polar surface area (TPSA) is 78.9 Å². The third kappa shape index (κ3) is 4.89. The Bertz CT molecular complexity index is 672. The number of carboxylic acid groups (broad SMARTS) is 1. The lowest BCUT2D eigenvalue weighted by Gasteiger charge is -2.42. The molecule has 2 saturated carbocycles. The second-order valence-corrected chi connectivity index (χ2v) is 7.66. The third-order valence-corrected chi connectivity index (χ3v) is 5.51. The van der Waals surface area contributed by atoms with Gasteiger partial charge >= 0.3 is 5.97 Å². The second-order valence-electron chi connectivity index (χ2n) is 7.25. The molecule has 26 heavy (non-hydrogen) atoms. The molecule has 0 unspecified atom stereocenters. The summed E-state index contributed by atoms with van der Waals surface area (Å²) < 4.78 is 5.27. The van der Waals surface area contributed by atoms with Gasteiger partial charge < -0.3 is 15.2 Å². The smallest absolute Gasteiger partial charge is 0.317 e. The van der Waals surface area contributed by atoms with Crippen LogP contribution >= 0.6 is 11.6 Å². The van der Waals surface area contributed by atoms with E-state index in [1.807, 2.05) is 0 Å². The van der Waals surface area contributed by atoms with Crippen LogP contribution < -0.4 is 10.1 Å². The molecule has 2 fully saturated rings. The first-order valence-corrected chi connectivity index (χ1v) is 9.40. The van der Waals surface area contributed by atoms with Gasteiger partial charge in [0.15, 0.2) is 0 Å². The van der Waals surface area contributed by atoms with Crippen LogP contribution in [-0.4, -0.2) is 54.2 Å². The summed E-state index contributed by atoms with van der Waals surface area (Å²) in [4.78, 5) is 25.5. The van der Waals surface area contributed by atoms with Gasteiger partial charge in [-0.05, 0) is 43.7 Å². The molecule has 142 valence electrons. The molecule has 0 aromatic heterocycles. The van der Waals surface area contributed by atoms with E-state index in [1.54, 1.807) is 25.3 Å². The van der Waals surface area contributed by atoms with Crippen LogP contribution in [0.1, 0.15) is 31.2 Å². The van der Waals surface area contributed by atoms with Crippen LogP contribution in [0.2, 0.25) is 5.02 Å². The Kier molecular flexibility index (Phi) is 6.04. The van der Waals surface area contributed by atoms with Gasteiger partial charge in [0.05, 0.1) is 20.1 Å². The average Bonchev–Trinajstić information content (AvgIpc) is 3.35. The normalized spacial score (nSPS) is 22.0. The van der Waals surface area contributed by atoms with Crippen molar-refractivity contribution < 1.29 is 19.4 Å². The number of methoxy groups -OCH3 is 1. The zero-order valence-corrected chi connectivity index (χ0v) is 15.7. The van der Waals surface area contributed by atoms with Gasteiger partial charge in [-0.15, -0.1) is 0 Å². The number of carboxylic acids is 1. The summed E-state index contributed by atoms with van der Waals surface area (Å²) in [7, 11) is 1.56. The van der Waals surface area contributed by atoms with Crippen LogP contribution in [0.4, 0.5) is 0 Å². The van der Waals surface area contributed by atoms with Crippen molar-refractivity contribution in [3.05, 3.63) is 28.8 Å². The standard InChI is InChI=1S/C19H25ClN2O4/c1-26-17-4-2-3-16(20)15(17)9-18(23)21-13-7-14(8-13)22(11-19(24)25)10-12-5-6-12/h2-4,12-14H,5-11H2,1H3,(H,21,23)(H,24,25). The van der Waals surface area contributed by atoms with Crippen molar-refractivity contribution in [2.24, 2.45) is 5.92 Å².